The first-order valence-corrected chi connectivity index (χ1v) is 6.98. The van der Waals surface area contributed by atoms with E-state index in [2.05, 4.69) is 34.6 Å². The topological polar surface area (TPSA) is 42.7 Å². The predicted octanol–water partition coefficient (Wildman–Crippen LogP) is 1.55. The Labute approximate surface area is 108 Å². The highest BCUT2D eigenvalue weighted by Gasteiger charge is 2.38. The maximum absolute atomic E-state index is 4.11. The fraction of sp³-hybridized carbons (Fsp3) is 0.714. The van der Waals surface area contributed by atoms with E-state index in [1.807, 2.05) is 11.6 Å². The van der Waals surface area contributed by atoms with E-state index in [0.717, 1.165) is 36.5 Å². The normalized spacial score (nSPS) is 31.1. The molecule has 1 N–H and O–H groups in total. The summed E-state index contributed by atoms with van der Waals surface area (Å²) in [6.45, 7) is 3.32. The van der Waals surface area contributed by atoms with E-state index < -0.39 is 0 Å². The molecule has 0 spiro atoms. The van der Waals surface area contributed by atoms with Gasteiger partial charge in [0.2, 0.25) is 0 Å². The lowest BCUT2D eigenvalue weighted by Gasteiger charge is -2.26. The van der Waals surface area contributed by atoms with Gasteiger partial charge in [0, 0.05) is 26.1 Å². The van der Waals surface area contributed by atoms with Crippen LogP contribution in [0.4, 0.5) is 0 Å². The van der Waals surface area contributed by atoms with Crippen LogP contribution in [0.15, 0.2) is 18.5 Å². The Morgan fingerprint density at radius 1 is 1.44 bits per heavy atom. The molecule has 0 aromatic carbocycles. The maximum atomic E-state index is 4.11. The number of fused-ring (bicyclic) bond motifs is 2. The van der Waals surface area contributed by atoms with E-state index in [-0.39, 0.29) is 0 Å². The molecule has 1 heterocycles. The summed E-state index contributed by atoms with van der Waals surface area (Å²) in [5, 5.41) is 11.7. The van der Waals surface area contributed by atoms with Crippen LogP contribution in [0.25, 0.3) is 0 Å². The zero-order valence-electron chi connectivity index (χ0n) is 11.2. The zero-order chi connectivity index (χ0) is 12.5. The van der Waals surface area contributed by atoms with Gasteiger partial charge in [-0.3, -0.25) is 0 Å². The van der Waals surface area contributed by atoms with Crippen LogP contribution >= 0.6 is 0 Å². The molecule has 4 atom stereocenters. The standard InChI is InChI=1S/C14H22N4/c1-10(13-8-11-3-4-12(13)7-11)15-6-5-14-17-16-9-18(14)2/h3-4,9-13,15H,5-8H2,1-2H3. The van der Waals surface area contributed by atoms with Crippen molar-refractivity contribution in [2.45, 2.75) is 32.2 Å². The van der Waals surface area contributed by atoms with Crippen molar-refractivity contribution < 1.29 is 0 Å². The Balaban J connectivity index is 1.46. The van der Waals surface area contributed by atoms with Crippen LogP contribution in [-0.4, -0.2) is 27.4 Å². The summed E-state index contributed by atoms with van der Waals surface area (Å²) in [6.07, 6.45) is 10.3. The monoisotopic (exact) mass is 246 g/mol. The van der Waals surface area contributed by atoms with Crippen molar-refractivity contribution in [3.8, 4) is 0 Å². The average molecular weight is 246 g/mol. The summed E-state index contributed by atoms with van der Waals surface area (Å²) in [5.41, 5.74) is 0. The van der Waals surface area contributed by atoms with Crippen LogP contribution in [-0.2, 0) is 13.5 Å². The quantitative estimate of drug-likeness (QED) is 0.802. The number of nitrogens with one attached hydrogen (secondary N) is 1. The van der Waals surface area contributed by atoms with Crippen LogP contribution < -0.4 is 5.32 Å². The highest BCUT2D eigenvalue weighted by molar-refractivity contribution is 5.11. The highest BCUT2D eigenvalue weighted by atomic mass is 15.2. The van der Waals surface area contributed by atoms with Crippen molar-refractivity contribution in [3.05, 3.63) is 24.3 Å². The first-order chi connectivity index (χ1) is 8.74. The Morgan fingerprint density at radius 2 is 2.33 bits per heavy atom. The van der Waals surface area contributed by atoms with Crippen LogP contribution in [0.5, 0.6) is 0 Å². The highest BCUT2D eigenvalue weighted by Crippen LogP contribution is 2.44. The fourth-order valence-electron chi connectivity index (χ4n) is 3.49. The van der Waals surface area contributed by atoms with Gasteiger partial charge in [0.25, 0.3) is 0 Å². The van der Waals surface area contributed by atoms with Crippen LogP contribution in [0.1, 0.15) is 25.6 Å². The van der Waals surface area contributed by atoms with E-state index in [9.17, 15) is 0 Å². The summed E-state index contributed by atoms with van der Waals surface area (Å²) in [7, 11) is 2.00. The predicted molar refractivity (Wildman–Crippen MR) is 71.0 cm³/mol. The molecule has 4 unspecified atom stereocenters. The smallest absolute Gasteiger partial charge is 0.133 e. The molecule has 2 aliphatic carbocycles. The second kappa shape index (κ2) is 4.84. The van der Waals surface area contributed by atoms with Gasteiger partial charge in [0.15, 0.2) is 0 Å². The molecular weight excluding hydrogens is 224 g/mol. The maximum Gasteiger partial charge on any atom is 0.133 e. The van der Waals surface area contributed by atoms with Crippen molar-refractivity contribution in [2.24, 2.45) is 24.8 Å². The van der Waals surface area contributed by atoms with Crippen LogP contribution in [0, 0.1) is 17.8 Å². The molecule has 0 radical (unpaired) electrons. The van der Waals surface area contributed by atoms with Gasteiger partial charge in [0.1, 0.15) is 12.2 Å². The molecule has 0 aliphatic heterocycles. The lowest BCUT2D eigenvalue weighted by atomic mass is 9.87. The molecule has 18 heavy (non-hydrogen) atoms. The van der Waals surface area contributed by atoms with Crippen molar-refractivity contribution in [3.63, 3.8) is 0 Å². The molecular formula is C14H22N4. The third-order valence-electron chi connectivity index (χ3n) is 4.59. The van der Waals surface area contributed by atoms with Crippen molar-refractivity contribution >= 4 is 0 Å². The number of allylic oxidation sites excluding steroid dienone is 2. The van der Waals surface area contributed by atoms with Crippen LogP contribution in [0.2, 0.25) is 0 Å². The van der Waals surface area contributed by atoms with Gasteiger partial charge in [-0.05, 0) is 37.5 Å². The molecule has 1 aromatic heterocycles. The molecule has 3 rings (SSSR count). The number of hydrogen-bond acceptors (Lipinski definition) is 3. The summed E-state index contributed by atoms with van der Waals surface area (Å²) >= 11 is 0. The van der Waals surface area contributed by atoms with Gasteiger partial charge in [-0.25, -0.2) is 0 Å². The van der Waals surface area contributed by atoms with Gasteiger partial charge < -0.3 is 9.88 Å². The second-order valence-corrected chi connectivity index (χ2v) is 5.79. The molecule has 98 valence electrons. The van der Waals surface area contributed by atoms with E-state index in [1.165, 1.54) is 12.8 Å². The molecule has 0 amide bonds. The van der Waals surface area contributed by atoms with Gasteiger partial charge in [0.05, 0.1) is 0 Å². The van der Waals surface area contributed by atoms with E-state index in [4.69, 9.17) is 0 Å². The summed E-state index contributed by atoms with van der Waals surface area (Å²) in [4.78, 5) is 0. The molecule has 2 bridgehead atoms. The van der Waals surface area contributed by atoms with Crippen molar-refractivity contribution in [1.29, 1.82) is 0 Å². The van der Waals surface area contributed by atoms with Crippen molar-refractivity contribution in [2.75, 3.05) is 6.54 Å². The molecule has 2 aliphatic rings. The SMILES string of the molecule is CC(NCCc1nncn1C)C1CC2C=CC1C2. The molecule has 1 fully saturated rings. The average Bonchev–Trinajstić information content (AvgIpc) is 3.06. The molecule has 1 saturated carbocycles. The van der Waals surface area contributed by atoms with Gasteiger partial charge in [-0.2, -0.15) is 0 Å². The third-order valence-corrected chi connectivity index (χ3v) is 4.59. The third kappa shape index (κ3) is 2.21. The summed E-state index contributed by atoms with van der Waals surface area (Å²) in [5.74, 6) is 3.58. The zero-order valence-corrected chi connectivity index (χ0v) is 11.2. The van der Waals surface area contributed by atoms with E-state index in [0.29, 0.717) is 6.04 Å². The first-order valence-electron chi connectivity index (χ1n) is 6.98. The minimum Gasteiger partial charge on any atom is -0.321 e. The van der Waals surface area contributed by atoms with Gasteiger partial charge in [-0.15, -0.1) is 10.2 Å². The van der Waals surface area contributed by atoms with Crippen LogP contribution in [0.3, 0.4) is 0 Å². The first kappa shape index (κ1) is 11.9. The Morgan fingerprint density at radius 3 is 2.94 bits per heavy atom. The Bertz CT molecular complexity index is 437. The number of aromatic nitrogens is 3. The lowest BCUT2D eigenvalue weighted by Crippen LogP contribution is -2.37. The van der Waals surface area contributed by atoms with E-state index in [1.54, 1.807) is 6.33 Å². The molecule has 4 heteroatoms. The fourth-order valence-corrected chi connectivity index (χ4v) is 3.49. The number of rotatable bonds is 5. The Kier molecular flexibility index (Phi) is 3.20. The Hall–Kier alpha value is -1.16. The number of aryl methyl sites for hydroxylation is 1. The lowest BCUT2D eigenvalue weighted by molar-refractivity contribution is 0.328. The minimum atomic E-state index is 0.609. The number of hydrogen-bond donors (Lipinski definition) is 1. The molecule has 1 aromatic rings. The summed E-state index contributed by atoms with van der Waals surface area (Å²) < 4.78 is 1.99. The molecule has 4 nitrogen and oxygen atoms in total. The number of nitrogens with zero attached hydrogens (tertiary/aromatic N) is 3. The summed E-state index contributed by atoms with van der Waals surface area (Å²) in [6, 6.07) is 0.609. The molecule has 0 saturated heterocycles. The van der Waals surface area contributed by atoms with E-state index >= 15 is 0 Å². The van der Waals surface area contributed by atoms with Gasteiger partial charge >= 0.3 is 0 Å². The van der Waals surface area contributed by atoms with Gasteiger partial charge in [-0.1, -0.05) is 12.2 Å². The largest absolute Gasteiger partial charge is 0.321 e. The van der Waals surface area contributed by atoms with Crippen molar-refractivity contribution in [1.82, 2.24) is 20.1 Å². The minimum absolute atomic E-state index is 0.609. The second-order valence-electron chi connectivity index (χ2n) is 5.79.